The van der Waals surface area contributed by atoms with E-state index in [4.69, 9.17) is 10.5 Å². The van der Waals surface area contributed by atoms with Crippen LogP contribution in [0.5, 0.6) is 0 Å². The van der Waals surface area contributed by atoms with Crippen molar-refractivity contribution < 1.29 is 14.6 Å². The zero-order valence-corrected chi connectivity index (χ0v) is 14.1. The van der Waals surface area contributed by atoms with E-state index in [1.165, 1.54) is 4.90 Å². The number of carbonyl (C=O) groups excluding carboxylic acids is 1. The van der Waals surface area contributed by atoms with Gasteiger partial charge in [0.05, 0.1) is 19.3 Å². The molecular formula is C16H27ClN2O3. The molecule has 0 spiro atoms. The molecule has 2 atom stereocenters. The maximum atomic E-state index is 11.8. The summed E-state index contributed by atoms with van der Waals surface area (Å²) in [6.45, 7) is 2.81. The molecule has 1 aromatic carbocycles. The number of nitrogens with zero attached hydrogens (tertiary/aromatic N) is 1. The van der Waals surface area contributed by atoms with Crippen LogP contribution in [0, 0.1) is 0 Å². The molecular weight excluding hydrogens is 304 g/mol. The van der Waals surface area contributed by atoms with Crippen molar-refractivity contribution in [2.45, 2.75) is 38.5 Å². The topological polar surface area (TPSA) is 75.8 Å². The highest BCUT2D eigenvalue weighted by Crippen LogP contribution is 2.03. The van der Waals surface area contributed by atoms with E-state index in [-0.39, 0.29) is 37.5 Å². The first-order valence-electron chi connectivity index (χ1n) is 7.28. The van der Waals surface area contributed by atoms with Crippen LogP contribution in [0.3, 0.4) is 0 Å². The highest BCUT2D eigenvalue weighted by atomic mass is 35.5. The summed E-state index contributed by atoms with van der Waals surface area (Å²) in [7, 11) is 1.68. The molecule has 3 N–H and O–H groups in total. The number of hydrogen-bond donors (Lipinski definition) is 2. The molecule has 0 fully saturated rings. The van der Waals surface area contributed by atoms with Crippen molar-refractivity contribution in [1.82, 2.24) is 4.90 Å². The van der Waals surface area contributed by atoms with Crippen LogP contribution in [0.1, 0.15) is 25.3 Å². The van der Waals surface area contributed by atoms with Crippen molar-refractivity contribution in [2.75, 3.05) is 20.2 Å². The van der Waals surface area contributed by atoms with Gasteiger partial charge in [-0.05, 0) is 18.9 Å². The minimum absolute atomic E-state index is 0. The average Bonchev–Trinajstić information content (AvgIpc) is 2.45. The van der Waals surface area contributed by atoms with Crippen molar-refractivity contribution in [3.8, 4) is 0 Å². The third kappa shape index (κ3) is 9.00. The van der Waals surface area contributed by atoms with Crippen LogP contribution < -0.4 is 5.73 Å². The fraction of sp³-hybridized carbons (Fsp3) is 0.562. The highest BCUT2D eigenvalue weighted by molar-refractivity contribution is 5.85. The maximum Gasteiger partial charge on any atom is 0.222 e. The van der Waals surface area contributed by atoms with E-state index >= 15 is 0 Å². The second kappa shape index (κ2) is 11.4. The SMILES string of the molecule is CC(N)CCC(=O)N(C)CC(O)COCc1ccccc1.Cl. The van der Waals surface area contributed by atoms with Gasteiger partial charge in [-0.25, -0.2) is 0 Å². The lowest BCUT2D eigenvalue weighted by Gasteiger charge is -2.21. The quantitative estimate of drug-likeness (QED) is 0.720. The normalized spacial score (nSPS) is 13.1. The summed E-state index contributed by atoms with van der Waals surface area (Å²) in [5.74, 6) is -0.00518. The summed E-state index contributed by atoms with van der Waals surface area (Å²) in [6.07, 6.45) is 0.383. The molecule has 0 bridgehead atoms. The maximum absolute atomic E-state index is 11.8. The molecule has 22 heavy (non-hydrogen) atoms. The number of rotatable bonds is 9. The van der Waals surface area contributed by atoms with Gasteiger partial charge in [0.25, 0.3) is 0 Å². The molecule has 1 aromatic rings. The Kier molecular flexibility index (Phi) is 10.8. The van der Waals surface area contributed by atoms with Crippen LogP contribution in [0.2, 0.25) is 0 Å². The lowest BCUT2D eigenvalue weighted by atomic mass is 10.2. The number of likely N-dealkylation sites (N-methyl/N-ethyl adjacent to an activating group) is 1. The predicted molar refractivity (Wildman–Crippen MR) is 89.9 cm³/mol. The van der Waals surface area contributed by atoms with Gasteiger partial charge < -0.3 is 20.5 Å². The summed E-state index contributed by atoms with van der Waals surface area (Å²) >= 11 is 0. The number of carbonyl (C=O) groups is 1. The number of halogens is 1. The molecule has 1 amide bonds. The predicted octanol–water partition coefficient (Wildman–Crippen LogP) is 1.57. The first-order chi connectivity index (χ1) is 9.99. The molecule has 2 unspecified atom stereocenters. The Morgan fingerprint density at radius 2 is 2.00 bits per heavy atom. The molecule has 126 valence electrons. The van der Waals surface area contributed by atoms with Gasteiger partial charge >= 0.3 is 0 Å². The Balaban J connectivity index is 0.00000441. The van der Waals surface area contributed by atoms with Gasteiger partial charge in [-0.3, -0.25) is 4.79 Å². The van der Waals surface area contributed by atoms with Crippen LogP contribution in [-0.2, 0) is 16.1 Å². The van der Waals surface area contributed by atoms with Crippen molar-refractivity contribution >= 4 is 18.3 Å². The van der Waals surface area contributed by atoms with Crippen LogP contribution in [-0.4, -0.2) is 48.3 Å². The fourth-order valence-corrected chi connectivity index (χ4v) is 1.90. The first-order valence-corrected chi connectivity index (χ1v) is 7.28. The Hall–Kier alpha value is -1.14. The number of nitrogens with two attached hydrogens (primary N) is 1. The van der Waals surface area contributed by atoms with E-state index in [2.05, 4.69) is 0 Å². The number of ether oxygens (including phenoxy) is 1. The number of aliphatic hydroxyl groups excluding tert-OH is 1. The van der Waals surface area contributed by atoms with Crippen molar-refractivity contribution in [2.24, 2.45) is 5.73 Å². The molecule has 0 saturated heterocycles. The van der Waals surface area contributed by atoms with Gasteiger partial charge in [-0.2, -0.15) is 0 Å². The average molecular weight is 331 g/mol. The Bertz CT molecular complexity index is 415. The van der Waals surface area contributed by atoms with Crippen LogP contribution >= 0.6 is 12.4 Å². The van der Waals surface area contributed by atoms with Gasteiger partial charge in [0, 0.05) is 26.1 Å². The molecule has 0 saturated carbocycles. The monoisotopic (exact) mass is 330 g/mol. The summed E-state index contributed by atoms with van der Waals surface area (Å²) in [5.41, 5.74) is 6.68. The molecule has 6 heteroatoms. The Morgan fingerprint density at radius 1 is 1.36 bits per heavy atom. The number of benzene rings is 1. The lowest BCUT2D eigenvalue weighted by molar-refractivity contribution is -0.131. The molecule has 0 heterocycles. The van der Waals surface area contributed by atoms with Crippen LogP contribution in [0.15, 0.2) is 30.3 Å². The minimum atomic E-state index is -0.682. The van der Waals surface area contributed by atoms with Gasteiger partial charge in [0.2, 0.25) is 5.91 Å². The van der Waals surface area contributed by atoms with E-state index in [1.54, 1.807) is 7.05 Å². The molecule has 0 aromatic heterocycles. The molecule has 5 nitrogen and oxygen atoms in total. The van der Waals surface area contributed by atoms with Crippen molar-refractivity contribution in [1.29, 1.82) is 0 Å². The summed E-state index contributed by atoms with van der Waals surface area (Å²) in [4.78, 5) is 13.3. The van der Waals surface area contributed by atoms with Gasteiger partial charge in [-0.15, -0.1) is 12.4 Å². The largest absolute Gasteiger partial charge is 0.389 e. The summed E-state index contributed by atoms with van der Waals surface area (Å²) in [5, 5.41) is 9.88. The standard InChI is InChI=1S/C16H26N2O3.ClH/c1-13(17)8-9-16(20)18(2)10-15(19)12-21-11-14-6-4-3-5-7-14;/h3-7,13,15,19H,8-12,17H2,1-2H3;1H. The Labute approximate surface area is 138 Å². The zero-order valence-electron chi connectivity index (χ0n) is 13.3. The van der Waals surface area contributed by atoms with E-state index < -0.39 is 6.10 Å². The smallest absolute Gasteiger partial charge is 0.222 e. The lowest BCUT2D eigenvalue weighted by Crippen LogP contribution is -2.36. The number of amides is 1. The fourth-order valence-electron chi connectivity index (χ4n) is 1.90. The highest BCUT2D eigenvalue weighted by Gasteiger charge is 2.14. The second-order valence-corrected chi connectivity index (χ2v) is 5.44. The van der Waals surface area contributed by atoms with Crippen molar-refractivity contribution in [3.63, 3.8) is 0 Å². The van der Waals surface area contributed by atoms with Gasteiger partial charge in [0.1, 0.15) is 0 Å². The van der Waals surface area contributed by atoms with E-state index in [0.29, 0.717) is 19.4 Å². The van der Waals surface area contributed by atoms with E-state index in [0.717, 1.165) is 5.56 Å². The third-order valence-electron chi connectivity index (χ3n) is 3.15. The van der Waals surface area contributed by atoms with E-state index in [1.807, 2.05) is 37.3 Å². The molecule has 0 radical (unpaired) electrons. The molecule has 0 aliphatic carbocycles. The molecule has 0 aliphatic heterocycles. The summed E-state index contributed by atoms with van der Waals surface area (Å²) in [6, 6.07) is 9.79. The number of hydrogen-bond acceptors (Lipinski definition) is 4. The van der Waals surface area contributed by atoms with Crippen molar-refractivity contribution in [3.05, 3.63) is 35.9 Å². The number of aliphatic hydroxyl groups is 1. The summed E-state index contributed by atoms with van der Waals surface area (Å²) < 4.78 is 5.45. The molecule has 1 rings (SSSR count). The first kappa shape index (κ1) is 20.9. The van der Waals surface area contributed by atoms with Crippen LogP contribution in [0.25, 0.3) is 0 Å². The minimum Gasteiger partial charge on any atom is -0.389 e. The second-order valence-electron chi connectivity index (χ2n) is 5.44. The van der Waals surface area contributed by atoms with Gasteiger partial charge in [-0.1, -0.05) is 30.3 Å². The Morgan fingerprint density at radius 3 is 2.59 bits per heavy atom. The zero-order chi connectivity index (χ0) is 15.7. The molecule has 0 aliphatic rings. The third-order valence-corrected chi connectivity index (χ3v) is 3.15. The van der Waals surface area contributed by atoms with Gasteiger partial charge in [0.15, 0.2) is 0 Å². The van der Waals surface area contributed by atoms with Crippen LogP contribution in [0.4, 0.5) is 0 Å². The van der Waals surface area contributed by atoms with E-state index in [9.17, 15) is 9.90 Å².